The normalized spacial score (nSPS) is 13.9. The van der Waals surface area contributed by atoms with Gasteiger partial charge in [-0.3, -0.25) is 4.79 Å². The standard InChI is InChI=1S/C16H24N4O3/c1-23-11-8-17-12-15(21)18-13-6-2-3-7-14(13)19-16(22)20-9-4-5-10-20/h2-3,6-7,17H,4-5,8-12H2,1H3,(H,18,21)(H,19,22). The molecule has 3 N–H and O–H groups in total. The molecule has 2 rings (SSSR count). The number of anilines is 2. The zero-order valence-electron chi connectivity index (χ0n) is 13.4. The van der Waals surface area contributed by atoms with E-state index in [-0.39, 0.29) is 18.5 Å². The summed E-state index contributed by atoms with van der Waals surface area (Å²) in [4.78, 5) is 25.9. The highest BCUT2D eigenvalue weighted by Gasteiger charge is 2.18. The number of urea groups is 1. The van der Waals surface area contributed by atoms with Crippen LogP contribution in [0.15, 0.2) is 24.3 Å². The van der Waals surface area contributed by atoms with Crippen LogP contribution in [0, 0.1) is 0 Å². The third-order valence-corrected chi connectivity index (χ3v) is 3.60. The molecule has 1 aliphatic rings. The molecule has 0 atom stereocenters. The lowest BCUT2D eigenvalue weighted by Gasteiger charge is -2.18. The van der Waals surface area contributed by atoms with Crippen LogP contribution in [0.3, 0.4) is 0 Å². The van der Waals surface area contributed by atoms with Crippen LogP contribution in [0.5, 0.6) is 0 Å². The van der Waals surface area contributed by atoms with E-state index in [2.05, 4.69) is 16.0 Å². The van der Waals surface area contributed by atoms with Crippen LogP contribution in [0.25, 0.3) is 0 Å². The number of methoxy groups -OCH3 is 1. The Hall–Kier alpha value is -2.12. The van der Waals surface area contributed by atoms with Gasteiger partial charge in [-0.05, 0) is 25.0 Å². The summed E-state index contributed by atoms with van der Waals surface area (Å²) in [6, 6.07) is 7.07. The maximum atomic E-state index is 12.2. The number of hydrogen-bond donors (Lipinski definition) is 3. The van der Waals surface area contributed by atoms with E-state index in [9.17, 15) is 9.59 Å². The van der Waals surface area contributed by atoms with E-state index in [1.54, 1.807) is 24.1 Å². The van der Waals surface area contributed by atoms with Crippen LogP contribution in [-0.4, -0.2) is 56.7 Å². The topological polar surface area (TPSA) is 82.7 Å². The maximum absolute atomic E-state index is 12.2. The number of para-hydroxylation sites is 2. The molecule has 1 fully saturated rings. The van der Waals surface area contributed by atoms with Crippen LogP contribution >= 0.6 is 0 Å². The van der Waals surface area contributed by atoms with Crippen molar-refractivity contribution in [1.29, 1.82) is 0 Å². The Balaban J connectivity index is 1.89. The minimum absolute atomic E-state index is 0.123. The van der Waals surface area contributed by atoms with Gasteiger partial charge in [0.15, 0.2) is 0 Å². The van der Waals surface area contributed by atoms with Gasteiger partial charge in [-0.2, -0.15) is 0 Å². The second-order valence-corrected chi connectivity index (χ2v) is 5.39. The summed E-state index contributed by atoms with van der Waals surface area (Å²) in [5.74, 6) is -0.163. The molecular formula is C16H24N4O3. The SMILES string of the molecule is COCCNCC(=O)Nc1ccccc1NC(=O)N1CCCC1. The Morgan fingerprint density at radius 3 is 2.43 bits per heavy atom. The summed E-state index contributed by atoms with van der Waals surface area (Å²) < 4.78 is 4.91. The van der Waals surface area contributed by atoms with E-state index in [4.69, 9.17) is 4.74 Å². The molecule has 7 nitrogen and oxygen atoms in total. The Morgan fingerprint density at radius 1 is 1.13 bits per heavy atom. The summed E-state index contributed by atoms with van der Waals surface area (Å²) in [5.41, 5.74) is 1.20. The van der Waals surface area contributed by atoms with Crippen LogP contribution in [0.1, 0.15) is 12.8 Å². The summed E-state index contributed by atoms with van der Waals surface area (Å²) in [6.07, 6.45) is 2.08. The number of carbonyl (C=O) groups excluding carboxylic acids is 2. The van der Waals surface area contributed by atoms with Gasteiger partial charge in [0.1, 0.15) is 0 Å². The first kappa shape index (κ1) is 17.2. The highest BCUT2D eigenvalue weighted by Crippen LogP contribution is 2.22. The molecule has 3 amide bonds. The van der Waals surface area contributed by atoms with Crippen molar-refractivity contribution in [3.05, 3.63) is 24.3 Å². The quantitative estimate of drug-likeness (QED) is 0.665. The first-order valence-electron chi connectivity index (χ1n) is 7.85. The minimum atomic E-state index is -0.163. The second-order valence-electron chi connectivity index (χ2n) is 5.39. The predicted molar refractivity (Wildman–Crippen MR) is 89.6 cm³/mol. The number of amides is 3. The molecule has 0 spiro atoms. The van der Waals surface area contributed by atoms with Gasteiger partial charge in [-0.1, -0.05) is 12.1 Å². The van der Waals surface area contributed by atoms with Crippen molar-refractivity contribution >= 4 is 23.3 Å². The van der Waals surface area contributed by atoms with Gasteiger partial charge in [-0.25, -0.2) is 4.79 Å². The number of benzene rings is 1. The molecule has 7 heteroatoms. The fourth-order valence-electron chi connectivity index (χ4n) is 2.39. The van der Waals surface area contributed by atoms with Crippen LogP contribution in [0.4, 0.5) is 16.2 Å². The van der Waals surface area contributed by atoms with Crippen molar-refractivity contribution in [2.45, 2.75) is 12.8 Å². The summed E-state index contributed by atoms with van der Waals surface area (Å²) in [5, 5.41) is 8.65. The molecule has 0 unspecified atom stereocenters. The molecular weight excluding hydrogens is 296 g/mol. The van der Waals surface area contributed by atoms with Gasteiger partial charge >= 0.3 is 6.03 Å². The predicted octanol–water partition coefficient (Wildman–Crippen LogP) is 1.49. The van der Waals surface area contributed by atoms with Crippen molar-refractivity contribution < 1.29 is 14.3 Å². The molecule has 0 saturated carbocycles. The average molecular weight is 320 g/mol. The molecule has 1 aliphatic heterocycles. The van der Waals surface area contributed by atoms with Gasteiger partial charge in [0.05, 0.1) is 24.5 Å². The molecule has 0 aromatic heterocycles. The van der Waals surface area contributed by atoms with Crippen molar-refractivity contribution in [3.63, 3.8) is 0 Å². The summed E-state index contributed by atoms with van der Waals surface area (Å²) >= 11 is 0. The smallest absolute Gasteiger partial charge is 0.321 e. The van der Waals surface area contributed by atoms with E-state index in [0.717, 1.165) is 25.9 Å². The Kier molecular flexibility index (Phi) is 6.83. The monoisotopic (exact) mass is 320 g/mol. The third kappa shape index (κ3) is 5.54. The summed E-state index contributed by atoms with van der Waals surface area (Å²) in [6.45, 7) is 2.92. The van der Waals surface area contributed by atoms with E-state index >= 15 is 0 Å². The lowest BCUT2D eigenvalue weighted by Crippen LogP contribution is -2.33. The molecule has 23 heavy (non-hydrogen) atoms. The highest BCUT2D eigenvalue weighted by molar-refractivity contribution is 5.99. The zero-order valence-corrected chi connectivity index (χ0v) is 13.4. The Bertz CT molecular complexity index is 530. The fraction of sp³-hybridized carbons (Fsp3) is 0.500. The fourth-order valence-corrected chi connectivity index (χ4v) is 2.39. The number of nitrogens with zero attached hydrogens (tertiary/aromatic N) is 1. The molecule has 1 saturated heterocycles. The number of carbonyl (C=O) groups is 2. The number of hydrogen-bond acceptors (Lipinski definition) is 4. The number of rotatable bonds is 7. The van der Waals surface area contributed by atoms with Crippen molar-refractivity contribution in [2.24, 2.45) is 0 Å². The largest absolute Gasteiger partial charge is 0.383 e. The van der Waals surface area contributed by atoms with Gasteiger partial charge in [0.2, 0.25) is 5.91 Å². The van der Waals surface area contributed by atoms with Crippen molar-refractivity contribution in [3.8, 4) is 0 Å². The number of nitrogens with one attached hydrogen (secondary N) is 3. The van der Waals surface area contributed by atoms with E-state index < -0.39 is 0 Å². The molecule has 0 aliphatic carbocycles. The molecule has 0 bridgehead atoms. The molecule has 1 aromatic rings. The van der Waals surface area contributed by atoms with Gasteiger partial charge in [-0.15, -0.1) is 0 Å². The van der Waals surface area contributed by atoms with Gasteiger partial charge in [0.25, 0.3) is 0 Å². The maximum Gasteiger partial charge on any atom is 0.321 e. The van der Waals surface area contributed by atoms with E-state index in [1.807, 2.05) is 12.1 Å². The van der Waals surface area contributed by atoms with E-state index in [1.165, 1.54) is 0 Å². The summed E-state index contributed by atoms with van der Waals surface area (Å²) in [7, 11) is 1.61. The number of likely N-dealkylation sites (tertiary alicyclic amines) is 1. The highest BCUT2D eigenvalue weighted by atomic mass is 16.5. The van der Waals surface area contributed by atoms with Crippen LogP contribution < -0.4 is 16.0 Å². The number of ether oxygens (including phenoxy) is 1. The van der Waals surface area contributed by atoms with Crippen LogP contribution in [0.2, 0.25) is 0 Å². The molecule has 126 valence electrons. The lowest BCUT2D eigenvalue weighted by atomic mass is 10.2. The van der Waals surface area contributed by atoms with Crippen molar-refractivity contribution in [1.82, 2.24) is 10.2 Å². The molecule has 1 heterocycles. The molecule has 0 radical (unpaired) electrons. The average Bonchev–Trinajstić information content (AvgIpc) is 3.08. The van der Waals surface area contributed by atoms with Gasteiger partial charge in [0, 0.05) is 26.7 Å². The lowest BCUT2D eigenvalue weighted by molar-refractivity contribution is -0.115. The Morgan fingerprint density at radius 2 is 1.78 bits per heavy atom. The van der Waals surface area contributed by atoms with Gasteiger partial charge < -0.3 is 25.6 Å². The molecule has 1 aromatic carbocycles. The van der Waals surface area contributed by atoms with E-state index in [0.29, 0.717) is 24.5 Å². The van der Waals surface area contributed by atoms with Crippen LogP contribution in [-0.2, 0) is 9.53 Å². The first-order chi connectivity index (χ1) is 11.2. The third-order valence-electron chi connectivity index (χ3n) is 3.60. The van der Waals surface area contributed by atoms with Crippen molar-refractivity contribution in [2.75, 3.05) is 50.5 Å². The Labute approximate surface area is 136 Å². The first-order valence-corrected chi connectivity index (χ1v) is 7.85. The second kappa shape index (κ2) is 9.12. The minimum Gasteiger partial charge on any atom is -0.383 e. The zero-order chi connectivity index (χ0) is 16.5.